The molecule has 2 saturated heterocycles. The highest BCUT2D eigenvalue weighted by atomic mass is 16.7. The van der Waals surface area contributed by atoms with Crippen LogP contribution in [-0.4, -0.2) is 140 Å². The van der Waals surface area contributed by atoms with Crippen molar-refractivity contribution in [1.29, 1.82) is 0 Å². The molecule has 0 aromatic carbocycles. The number of rotatable bonds is 30. The van der Waals surface area contributed by atoms with Gasteiger partial charge in [-0.25, -0.2) is 0 Å². The molecule has 2 aliphatic heterocycles. The SMILES string of the molecule is CC/C=C\C/C=C\C/C=C\C/C=C\C/C=C\CCCC(=O)NC(COC1OC(CO)C(OC2OC(CO)C(O)C(O)C2O)C(O)C1O)C(O)/C=C/CC/C=C/CCCCC. The van der Waals surface area contributed by atoms with E-state index in [4.69, 9.17) is 18.9 Å². The molecule has 9 N–H and O–H groups in total. The van der Waals surface area contributed by atoms with E-state index in [1.165, 1.54) is 6.42 Å². The van der Waals surface area contributed by atoms with Gasteiger partial charge in [-0.2, -0.15) is 0 Å². The Kier molecular flexibility index (Phi) is 29.2. The lowest BCUT2D eigenvalue weighted by Crippen LogP contribution is -2.65. The second kappa shape index (κ2) is 32.8. The van der Waals surface area contributed by atoms with Crippen LogP contribution in [0.2, 0.25) is 0 Å². The molecule has 0 aromatic rings. The minimum absolute atomic E-state index is 0.189. The van der Waals surface area contributed by atoms with Gasteiger partial charge in [0.1, 0.15) is 48.8 Å². The fourth-order valence-corrected chi connectivity index (χ4v) is 6.46. The van der Waals surface area contributed by atoms with Gasteiger partial charge in [0.05, 0.1) is 32.0 Å². The van der Waals surface area contributed by atoms with Crippen molar-refractivity contribution in [3.8, 4) is 0 Å². The van der Waals surface area contributed by atoms with Gasteiger partial charge in [0.25, 0.3) is 0 Å². The summed E-state index contributed by atoms with van der Waals surface area (Å²) in [7, 11) is 0. The van der Waals surface area contributed by atoms with E-state index in [9.17, 15) is 45.6 Å². The number of hydrogen-bond acceptors (Lipinski definition) is 13. The monoisotopic (exact) mass is 850 g/mol. The molecule has 0 radical (unpaired) electrons. The molecular formula is C46H75NO13. The molecule has 60 heavy (non-hydrogen) atoms. The topological polar surface area (TPSA) is 228 Å². The predicted octanol–water partition coefficient (Wildman–Crippen LogP) is 3.87. The molecule has 1 amide bonds. The van der Waals surface area contributed by atoms with Crippen molar-refractivity contribution < 1.29 is 64.6 Å². The maximum absolute atomic E-state index is 13.0. The molecule has 0 aliphatic carbocycles. The van der Waals surface area contributed by atoms with E-state index in [1.54, 1.807) is 6.08 Å². The Morgan fingerprint density at radius 3 is 1.77 bits per heavy atom. The normalized spacial score (nSPS) is 29.1. The average Bonchev–Trinajstić information content (AvgIpc) is 3.24. The molecule has 12 unspecified atom stereocenters. The van der Waals surface area contributed by atoms with Crippen molar-refractivity contribution in [2.75, 3.05) is 19.8 Å². The lowest BCUT2D eigenvalue weighted by molar-refractivity contribution is -0.359. The van der Waals surface area contributed by atoms with Gasteiger partial charge in [-0.3, -0.25) is 4.79 Å². The van der Waals surface area contributed by atoms with Crippen LogP contribution in [-0.2, 0) is 23.7 Å². The van der Waals surface area contributed by atoms with Crippen LogP contribution < -0.4 is 5.32 Å². The largest absolute Gasteiger partial charge is 0.394 e. The molecule has 12 atom stereocenters. The molecule has 2 rings (SSSR count). The molecular weight excluding hydrogens is 774 g/mol. The number of aliphatic hydroxyl groups excluding tert-OH is 8. The van der Waals surface area contributed by atoms with Crippen LogP contribution in [0.15, 0.2) is 85.1 Å². The van der Waals surface area contributed by atoms with Crippen LogP contribution >= 0.6 is 0 Å². The number of nitrogens with one attached hydrogen (secondary N) is 1. The van der Waals surface area contributed by atoms with Crippen LogP contribution in [0.5, 0.6) is 0 Å². The predicted molar refractivity (Wildman–Crippen MR) is 230 cm³/mol. The molecule has 0 saturated carbocycles. The summed E-state index contributed by atoms with van der Waals surface area (Å²) in [5.74, 6) is -0.315. The van der Waals surface area contributed by atoms with Gasteiger partial charge in [-0.05, 0) is 70.6 Å². The van der Waals surface area contributed by atoms with Gasteiger partial charge in [0.15, 0.2) is 12.6 Å². The van der Waals surface area contributed by atoms with Gasteiger partial charge in [-0.15, -0.1) is 0 Å². The van der Waals surface area contributed by atoms with E-state index in [1.807, 2.05) is 12.2 Å². The minimum Gasteiger partial charge on any atom is -0.394 e. The lowest BCUT2D eigenvalue weighted by Gasteiger charge is -2.46. The lowest BCUT2D eigenvalue weighted by atomic mass is 9.97. The number of allylic oxidation sites excluding steroid dienone is 13. The van der Waals surface area contributed by atoms with Crippen molar-refractivity contribution in [3.05, 3.63) is 85.1 Å². The Balaban J connectivity index is 1.93. The summed E-state index contributed by atoms with van der Waals surface area (Å²) < 4.78 is 22.5. The molecule has 2 fully saturated rings. The summed E-state index contributed by atoms with van der Waals surface area (Å²) >= 11 is 0. The van der Waals surface area contributed by atoms with E-state index in [-0.39, 0.29) is 18.9 Å². The molecule has 14 nitrogen and oxygen atoms in total. The highest BCUT2D eigenvalue weighted by Crippen LogP contribution is 2.29. The van der Waals surface area contributed by atoms with Crippen LogP contribution in [0.3, 0.4) is 0 Å². The van der Waals surface area contributed by atoms with Crippen molar-refractivity contribution in [2.24, 2.45) is 0 Å². The molecule has 2 heterocycles. The van der Waals surface area contributed by atoms with Gasteiger partial charge >= 0.3 is 0 Å². The molecule has 2 aliphatic rings. The smallest absolute Gasteiger partial charge is 0.220 e. The Hall–Kier alpha value is -2.83. The Morgan fingerprint density at radius 2 is 1.15 bits per heavy atom. The third-order valence-electron chi connectivity index (χ3n) is 10.1. The van der Waals surface area contributed by atoms with Crippen molar-refractivity contribution in [2.45, 2.75) is 177 Å². The van der Waals surface area contributed by atoms with E-state index < -0.39 is 86.8 Å². The van der Waals surface area contributed by atoms with E-state index >= 15 is 0 Å². The number of ether oxygens (including phenoxy) is 4. The van der Waals surface area contributed by atoms with Gasteiger partial charge < -0.3 is 65.1 Å². The van der Waals surface area contributed by atoms with Gasteiger partial charge in [0, 0.05) is 6.42 Å². The second-order valence-electron chi connectivity index (χ2n) is 15.1. The number of hydrogen-bond donors (Lipinski definition) is 9. The Bertz CT molecular complexity index is 1330. The molecule has 0 spiro atoms. The maximum Gasteiger partial charge on any atom is 0.220 e. The Labute approximate surface area is 357 Å². The van der Waals surface area contributed by atoms with Gasteiger partial charge in [-0.1, -0.05) is 112 Å². The first-order valence-electron chi connectivity index (χ1n) is 21.8. The highest BCUT2D eigenvalue weighted by molar-refractivity contribution is 5.76. The van der Waals surface area contributed by atoms with E-state index in [0.29, 0.717) is 19.3 Å². The standard InChI is InChI=1S/C46H75NO13/c1-3-5-7-9-11-13-14-15-16-17-18-19-20-22-24-26-28-30-38(51)47-34(35(50)29-27-25-23-21-12-10-8-6-4-2)33-57-45-43(56)41(54)44(37(32-49)59-45)60-46-42(55)40(53)39(52)36(31-48)58-46/h5,7,11-13,15-16,18-19,21-22,24,27,29,34-37,39-46,48-50,52-56H,3-4,6,8-10,14,17,20,23,25-26,28,30-33H2,1-2H3,(H,47,51)/b7-5-,13-11-,16-15-,19-18-,21-12+,24-22-,29-27+. The third kappa shape index (κ3) is 20.8. The summed E-state index contributed by atoms with van der Waals surface area (Å²) in [6.45, 7) is 2.50. The van der Waals surface area contributed by atoms with Crippen molar-refractivity contribution in [1.82, 2.24) is 5.32 Å². The summed E-state index contributed by atoms with van der Waals surface area (Å²) in [4.78, 5) is 13.0. The number of carbonyl (C=O) groups excluding carboxylic acids is 1. The summed E-state index contributed by atoms with van der Waals surface area (Å²) in [6.07, 6.45) is 23.7. The number of amides is 1. The first-order valence-corrected chi connectivity index (χ1v) is 21.8. The molecule has 0 bridgehead atoms. The quantitative estimate of drug-likeness (QED) is 0.0370. The van der Waals surface area contributed by atoms with Crippen molar-refractivity contribution in [3.63, 3.8) is 0 Å². The van der Waals surface area contributed by atoms with Gasteiger partial charge in [0.2, 0.25) is 5.91 Å². The zero-order chi connectivity index (χ0) is 44.0. The average molecular weight is 850 g/mol. The fraction of sp³-hybridized carbons (Fsp3) is 0.674. The van der Waals surface area contributed by atoms with Crippen LogP contribution in [0.4, 0.5) is 0 Å². The number of aliphatic hydroxyl groups is 8. The zero-order valence-electron chi connectivity index (χ0n) is 35.7. The maximum atomic E-state index is 13.0. The van der Waals surface area contributed by atoms with Crippen LogP contribution in [0.1, 0.15) is 104 Å². The molecule has 342 valence electrons. The molecule has 14 heteroatoms. The van der Waals surface area contributed by atoms with E-state index in [2.05, 4.69) is 86.0 Å². The zero-order valence-corrected chi connectivity index (χ0v) is 35.7. The number of carbonyl (C=O) groups is 1. The molecule has 0 aromatic heterocycles. The summed E-state index contributed by atoms with van der Waals surface area (Å²) in [5, 5.41) is 86.2. The van der Waals surface area contributed by atoms with Crippen molar-refractivity contribution >= 4 is 5.91 Å². The number of unbranched alkanes of at least 4 members (excludes halogenated alkanes) is 5. The second-order valence-corrected chi connectivity index (χ2v) is 15.1. The Morgan fingerprint density at radius 1 is 0.617 bits per heavy atom. The highest BCUT2D eigenvalue weighted by Gasteiger charge is 2.50. The first-order chi connectivity index (χ1) is 29.1. The summed E-state index contributed by atoms with van der Waals surface area (Å²) in [5.41, 5.74) is 0. The van der Waals surface area contributed by atoms with E-state index in [0.717, 1.165) is 57.8 Å². The minimum atomic E-state index is -1.80. The fourth-order valence-electron chi connectivity index (χ4n) is 6.46. The first kappa shape index (κ1) is 53.3. The van der Waals surface area contributed by atoms with Crippen LogP contribution in [0, 0.1) is 0 Å². The third-order valence-corrected chi connectivity index (χ3v) is 10.1. The summed E-state index contributed by atoms with van der Waals surface area (Å²) in [6, 6.07) is -0.962. The van der Waals surface area contributed by atoms with Crippen LogP contribution in [0.25, 0.3) is 0 Å².